The van der Waals surface area contributed by atoms with Gasteiger partial charge >= 0.3 is 5.97 Å². The van der Waals surface area contributed by atoms with Crippen molar-refractivity contribution >= 4 is 28.1 Å². The number of hydrogen-bond acceptors (Lipinski definition) is 7. The van der Waals surface area contributed by atoms with Crippen molar-refractivity contribution < 1.29 is 19.1 Å². The van der Waals surface area contributed by atoms with E-state index in [2.05, 4.69) is 33.7 Å². The van der Waals surface area contributed by atoms with Crippen LogP contribution in [-0.4, -0.2) is 77.8 Å². The molecule has 4 rings (SSSR count). The monoisotopic (exact) mass is 474 g/mol. The summed E-state index contributed by atoms with van der Waals surface area (Å²) in [5.41, 5.74) is 2.25. The summed E-state index contributed by atoms with van der Waals surface area (Å²) in [6, 6.07) is 5.66. The van der Waals surface area contributed by atoms with Gasteiger partial charge in [-0.05, 0) is 61.6 Å². The molecule has 1 saturated heterocycles. The maximum Gasteiger partial charge on any atom is 0.358 e. The minimum Gasteiger partial charge on any atom is -0.461 e. The number of hydrogen-bond donors (Lipinski definition) is 0. The molecule has 0 radical (unpaired) electrons. The van der Waals surface area contributed by atoms with E-state index in [1.807, 2.05) is 12.1 Å². The van der Waals surface area contributed by atoms with E-state index in [9.17, 15) is 9.59 Å². The normalized spacial score (nSPS) is 19.9. The first-order chi connectivity index (χ1) is 15.8. The molecule has 0 spiro atoms. The summed E-state index contributed by atoms with van der Waals surface area (Å²) in [7, 11) is -0.654. The van der Waals surface area contributed by atoms with Gasteiger partial charge in [-0.3, -0.25) is 4.79 Å². The van der Waals surface area contributed by atoms with Gasteiger partial charge in [0.2, 0.25) is 0 Å². The van der Waals surface area contributed by atoms with E-state index in [4.69, 9.17) is 9.47 Å². The zero-order valence-electron chi connectivity index (χ0n) is 20.0. The van der Waals surface area contributed by atoms with Gasteiger partial charge < -0.3 is 14.4 Å². The number of aldehydes is 1. The van der Waals surface area contributed by atoms with Crippen LogP contribution in [0.2, 0.25) is 0 Å². The fraction of sp³-hybridized carbons (Fsp3) is 0.583. The number of ether oxygens (including phenoxy) is 2. The van der Waals surface area contributed by atoms with Gasteiger partial charge in [-0.25, -0.2) is 24.5 Å². The minimum absolute atomic E-state index is 0.239. The number of pyridine rings is 1. The molecule has 1 saturated carbocycles. The molecular weight excluding hydrogens is 440 g/mol. The summed E-state index contributed by atoms with van der Waals surface area (Å²) >= 11 is 0. The molecule has 0 amide bonds. The number of anilines is 1. The third-order valence-electron chi connectivity index (χ3n) is 6.19. The molecule has 0 bridgehead atoms. The molecule has 2 aromatic heterocycles. The average molecular weight is 475 g/mol. The summed E-state index contributed by atoms with van der Waals surface area (Å²) in [5, 5.41) is 4.42. The Kier molecular flexibility index (Phi) is 7.09. The summed E-state index contributed by atoms with van der Waals surface area (Å²) < 4.78 is 12.7. The molecule has 180 valence electrons. The highest BCUT2D eigenvalue weighted by molar-refractivity contribution is 8.32. The summed E-state index contributed by atoms with van der Waals surface area (Å²) in [6.45, 7) is 4.96. The van der Waals surface area contributed by atoms with Gasteiger partial charge in [-0.2, -0.15) is 5.10 Å². The van der Waals surface area contributed by atoms with Crippen LogP contribution in [0.4, 0.5) is 5.82 Å². The van der Waals surface area contributed by atoms with E-state index >= 15 is 0 Å². The molecule has 0 N–H and O–H groups in total. The van der Waals surface area contributed by atoms with E-state index in [0.29, 0.717) is 18.7 Å². The molecule has 2 unspecified atom stereocenters. The van der Waals surface area contributed by atoms with E-state index in [-0.39, 0.29) is 19.0 Å². The van der Waals surface area contributed by atoms with Gasteiger partial charge in [0, 0.05) is 31.0 Å². The molecule has 0 aromatic carbocycles. The topological polar surface area (TPSA) is 86.6 Å². The zero-order chi connectivity index (χ0) is 23.6. The molecule has 2 aromatic rings. The maximum atomic E-state index is 12.3. The van der Waals surface area contributed by atoms with Gasteiger partial charge in [0.25, 0.3) is 0 Å². The van der Waals surface area contributed by atoms with E-state index in [1.54, 1.807) is 17.7 Å². The summed E-state index contributed by atoms with van der Waals surface area (Å²) in [4.78, 5) is 31.0. The second-order valence-electron chi connectivity index (χ2n) is 9.74. The highest BCUT2D eigenvalue weighted by atomic mass is 32.3. The minimum atomic E-state index is -0.654. The quantitative estimate of drug-likeness (QED) is 0.281. The number of rotatable bonds is 11. The number of carbonyl (C=O) groups is 2. The van der Waals surface area contributed by atoms with Crippen molar-refractivity contribution in [2.24, 2.45) is 11.8 Å². The Morgan fingerprint density at radius 1 is 1.24 bits per heavy atom. The lowest BCUT2D eigenvalue weighted by Gasteiger charge is -2.24. The fourth-order valence-electron chi connectivity index (χ4n) is 4.18. The number of fused-ring (bicyclic) bond motifs is 1. The van der Waals surface area contributed by atoms with Crippen molar-refractivity contribution in [2.75, 3.05) is 55.7 Å². The second-order valence-corrected chi connectivity index (χ2v) is 14.3. The van der Waals surface area contributed by atoms with E-state index < -0.39 is 16.0 Å². The Bertz CT molecular complexity index is 1010. The number of nitrogens with zero attached hydrogens (tertiary/aromatic N) is 4. The lowest BCUT2D eigenvalue weighted by molar-refractivity contribution is 0.0511. The van der Waals surface area contributed by atoms with E-state index in [0.717, 1.165) is 54.0 Å². The van der Waals surface area contributed by atoms with Crippen molar-refractivity contribution in [1.82, 2.24) is 14.8 Å². The van der Waals surface area contributed by atoms with Gasteiger partial charge in [0.05, 0.1) is 13.2 Å². The largest absolute Gasteiger partial charge is 0.461 e. The van der Waals surface area contributed by atoms with Gasteiger partial charge in [-0.15, -0.1) is 0 Å². The number of aromatic nitrogens is 3. The van der Waals surface area contributed by atoms with E-state index in [1.165, 1.54) is 6.42 Å². The molecule has 2 fully saturated rings. The maximum absolute atomic E-state index is 12.3. The van der Waals surface area contributed by atoms with Gasteiger partial charge in [0.1, 0.15) is 18.2 Å². The lowest BCUT2D eigenvalue weighted by atomic mass is 10.1. The molecule has 9 heteroatoms. The Morgan fingerprint density at radius 3 is 2.67 bits per heavy atom. The standard InChI is InChI=1S/C24H34N4O4S/c1-5-32-24(30)21-12-20(28(26-21)16-31-8-9-33(2,3)4)11-17-6-7-23(25-22(17)15-29)27-13-18-10-19(18)14-27/h6-7,12,15,18-19H,5,8-11,13-14,16H2,1-4H3. The predicted molar refractivity (Wildman–Crippen MR) is 131 cm³/mol. The third kappa shape index (κ3) is 5.95. The molecule has 2 atom stereocenters. The smallest absolute Gasteiger partial charge is 0.358 e. The summed E-state index contributed by atoms with van der Waals surface area (Å²) in [5.74, 6) is 2.98. The highest BCUT2D eigenvalue weighted by Gasteiger charge is 2.45. The average Bonchev–Trinajstić information content (AvgIpc) is 3.18. The van der Waals surface area contributed by atoms with Crippen molar-refractivity contribution in [3.8, 4) is 0 Å². The SMILES string of the molecule is CCOC(=O)c1cc(Cc2ccc(N3CC4CC4C3)nc2C=O)n(COCCS(C)(C)C)n1. The molecule has 1 aliphatic carbocycles. The number of piperidine rings is 1. The Labute approximate surface area is 197 Å². The number of esters is 1. The van der Waals surface area contributed by atoms with Crippen LogP contribution in [0.5, 0.6) is 0 Å². The van der Waals surface area contributed by atoms with Gasteiger partial charge in [0.15, 0.2) is 12.0 Å². The fourth-order valence-corrected chi connectivity index (χ4v) is 4.79. The van der Waals surface area contributed by atoms with Crippen molar-refractivity contribution in [3.63, 3.8) is 0 Å². The predicted octanol–water partition coefficient (Wildman–Crippen LogP) is 2.98. The van der Waals surface area contributed by atoms with Crippen molar-refractivity contribution in [3.05, 3.63) is 40.8 Å². The Hall–Kier alpha value is -2.39. The molecule has 33 heavy (non-hydrogen) atoms. The van der Waals surface area contributed by atoms with Crippen LogP contribution < -0.4 is 4.90 Å². The van der Waals surface area contributed by atoms with Crippen LogP contribution >= 0.6 is 10.0 Å². The lowest BCUT2D eigenvalue weighted by Crippen LogP contribution is -2.23. The van der Waals surface area contributed by atoms with Crippen LogP contribution in [0.1, 0.15) is 45.6 Å². The highest BCUT2D eigenvalue weighted by Crippen LogP contribution is 2.46. The Balaban J connectivity index is 1.51. The van der Waals surface area contributed by atoms with Crippen LogP contribution in [0.15, 0.2) is 18.2 Å². The van der Waals surface area contributed by atoms with Crippen LogP contribution in [-0.2, 0) is 22.6 Å². The molecule has 8 nitrogen and oxygen atoms in total. The molecular formula is C24H34N4O4S. The second kappa shape index (κ2) is 9.85. The van der Waals surface area contributed by atoms with Crippen LogP contribution in [0.25, 0.3) is 0 Å². The first kappa shape index (κ1) is 23.8. The van der Waals surface area contributed by atoms with Crippen LogP contribution in [0.3, 0.4) is 0 Å². The van der Waals surface area contributed by atoms with Crippen LogP contribution in [0, 0.1) is 11.8 Å². The molecule has 1 aliphatic heterocycles. The van der Waals surface area contributed by atoms with Crippen molar-refractivity contribution in [2.45, 2.75) is 26.5 Å². The third-order valence-corrected chi connectivity index (χ3v) is 7.58. The van der Waals surface area contributed by atoms with Gasteiger partial charge in [-0.1, -0.05) is 6.07 Å². The number of carbonyl (C=O) groups excluding carboxylic acids is 2. The molecule has 2 aliphatic rings. The molecule has 3 heterocycles. The first-order valence-corrected chi connectivity index (χ1v) is 14.5. The Morgan fingerprint density at radius 2 is 2.00 bits per heavy atom. The summed E-state index contributed by atoms with van der Waals surface area (Å²) in [6.07, 6.45) is 9.30. The zero-order valence-corrected chi connectivity index (χ0v) is 20.8. The van der Waals surface area contributed by atoms with Crippen molar-refractivity contribution in [1.29, 1.82) is 0 Å². The first-order valence-electron chi connectivity index (χ1n) is 11.4.